The quantitative estimate of drug-likeness (QED) is 0.472. The van der Waals surface area contributed by atoms with Crippen molar-refractivity contribution in [1.82, 2.24) is 0 Å². The minimum Gasteiger partial charge on any atom is -1.00 e. The predicted octanol–water partition coefficient (Wildman–Crippen LogP) is 3.22. The van der Waals surface area contributed by atoms with Crippen molar-refractivity contribution in [3.05, 3.63) is 87.5 Å². The molecule has 1 atom stereocenters. The molecule has 2 aliphatic rings. The normalized spacial score (nSPS) is 17.3. The van der Waals surface area contributed by atoms with Crippen molar-refractivity contribution in [2.75, 3.05) is 0 Å². The van der Waals surface area contributed by atoms with E-state index in [0.29, 0.717) is 0 Å². The SMILES string of the molecule is CC1=C(C)[CH]([Zr+2][Si](C)(C)C2C=CC=C2)c2c(C)c(C)c(C)c(-c3ccc(C(C)(C)C)cc3)c21.[Cl-].[Cl-]. The van der Waals surface area contributed by atoms with E-state index in [1.165, 1.54) is 27.8 Å². The summed E-state index contributed by atoms with van der Waals surface area (Å²) in [5.74, 6) is 0. The number of rotatable bonds is 4. The molecule has 186 valence electrons. The zero-order valence-corrected chi connectivity index (χ0v) is 28.0. The molecule has 1 unspecified atom stereocenters. The van der Waals surface area contributed by atoms with Gasteiger partial charge in [0, 0.05) is 0 Å². The molecular weight excluding hydrogens is 563 g/mol. The summed E-state index contributed by atoms with van der Waals surface area (Å²) in [4.78, 5) is 0. The molecule has 0 amide bonds. The number of hydrogen-bond acceptors (Lipinski definition) is 0. The minimum atomic E-state index is -1.29. The van der Waals surface area contributed by atoms with E-state index in [2.05, 4.69) is 117 Å². The molecule has 0 saturated carbocycles. The van der Waals surface area contributed by atoms with Gasteiger partial charge < -0.3 is 24.8 Å². The van der Waals surface area contributed by atoms with E-state index in [0.717, 1.165) is 9.17 Å². The molecule has 0 fully saturated rings. The van der Waals surface area contributed by atoms with Crippen molar-refractivity contribution in [3.8, 4) is 11.1 Å². The Labute approximate surface area is 238 Å². The molecule has 0 N–H and O–H groups in total. The van der Waals surface area contributed by atoms with Crippen LogP contribution < -0.4 is 24.8 Å². The Morgan fingerprint density at radius 3 is 1.80 bits per heavy atom. The van der Waals surface area contributed by atoms with Gasteiger partial charge in [-0.05, 0) is 0 Å². The van der Waals surface area contributed by atoms with Crippen LogP contribution in [0.25, 0.3) is 16.7 Å². The van der Waals surface area contributed by atoms with Crippen molar-refractivity contribution >= 4 is 10.8 Å². The molecule has 4 rings (SSSR count). The Bertz CT molecular complexity index is 1180. The van der Waals surface area contributed by atoms with Gasteiger partial charge in [0.05, 0.1) is 0 Å². The third-order valence-electron chi connectivity index (χ3n) is 8.25. The first-order valence-electron chi connectivity index (χ1n) is 12.4. The topological polar surface area (TPSA) is 0 Å². The number of benzene rings is 2. The Morgan fingerprint density at radius 2 is 1.29 bits per heavy atom. The van der Waals surface area contributed by atoms with E-state index in [1.807, 2.05) is 0 Å². The summed E-state index contributed by atoms with van der Waals surface area (Å²) in [5.41, 5.74) is 16.2. The smallest absolute Gasteiger partial charge is 1.00 e. The first-order chi connectivity index (χ1) is 15.3. The monoisotopic (exact) mass is 600 g/mol. The molecule has 0 spiro atoms. The van der Waals surface area contributed by atoms with E-state index in [1.54, 1.807) is 27.8 Å². The van der Waals surface area contributed by atoms with Crippen molar-refractivity contribution in [1.29, 1.82) is 0 Å². The second kappa shape index (κ2) is 11.0. The van der Waals surface area contributed by atoms with E-state index < -0.39 is 27.6 Å². The van der Waals surface area contributed by atoms with Gasteiger partial charge in [-0.15, -0.1) is 0 Å². The second-order valence-electron chi connectivity index (χ2n) is 11.8. The van der Waals surface area contributed by atoms with Gasteiger partial charge in [-0.3, -0.25) is 0 Å². The molecule has 0 bridgehead atoms. The van der Waals surface area contributed by atoms with Gasteiger partial charge in [0.15, 0.2) is 0 Å². The van der Waals surface area contributed by atoms with Gasteiger partial charge >= 0.3 is 215 Å². The van der Waals surface area contributed by atoms with Crippen LogP contribution in [0, 0.1) is 20.8 Å². The van der Waals surface area contributed by atoms with Crippen molar-refractivity contribution in [2.24, 2.45) is 0 Å². The predicted molar refractivity (Wildman–Crippen MR) is 145 cm³/mol. The number of allylic oxidation sites excluding steroid dienone is 6. The van der Waals surface area contributed by atoms with Crippen LogP contribution in [0.1, 0.15) is 71.6 Å². The zero-order valence-electron chi connectivity index (χ0n) is 23.0. The fourth-order valence-electron chi connectivity index (χ4n) is 5.62. The van der Waals surface area contributed by atoms with Crippen LogP contribution in [-0.2, 0) is 27.8 Å². The molecular formula is C31H40Cl2SiZr. The molecule has 4 heteroatoms. The molecule has 2 aliphatic carbocycles. The molecule has 0 heterocycles. The summed E-state index contributed by atoms with van der Waals surface area (Å²) in [5, 5.41) is -1.29. The maximum Gasteiger partial charge on any atom is -1.00 e. The Morgan fingerprint density at radius 1 is 0.743 bits per heavy atom. The standard InChI is InChI=1S/C24H29.C7H11Si.2ClH.Zr/c1-14-13-21-17(4)16(3)18(5)22(23(21)15(14)2)19-9-11-20(12-10-19)24(6,7)8;1-8(2)7-5-3-4-6-7;;;/h9-13H,1-8H3;3-7H,1-2H3;2*1H;/q;;;;+2/p-2. The molecule has 0 nitrogen and oxygen atoms in total. The Hall–Kier alpha value is -0.660. The van der Waals surface area contributed by atoms with Crippen molar-refractivity contribution < 1.29 is 47.2 Å². The third-order valence-corrected chi connectivity index (χ3v) is 23.2. The minimum absolute atomic E-state index is 0. The van der Waals surface area contributed by atoms with Crippen molar-refractivity contribution in [2.45, 2.75) is 83.1 Å². The summed E-state index contributed by atoms with van der Waals surface area (Å²) in [6.07, 6.45) is 9.50. The summed E-state index contributed by atoms with van der Waals surface area (Å²) in [6, 6.07) is 9.45. The van der Waals surface area contributed by atoms with E-state index in [-0.39, 0.29) is 30.2 Å². The van der Waals surface area contributed by atoms with Gasteiger partial charge in [-0.25, -0.2) is 0 Å². The molecule has 0 saturated heterocycles. The molecule has 2 aromatic carbocycles. The Kier molecular flexibility index (Phi) is 9.59. The fourth-order valence-corrected chi connectivity index (χ4v) is 20.5. The van der Waals surface area contributed by atoms with Gasteiger partial charge in [0.25, 0.3) is 0 Å². The molecule has 0 aromatic heterocycles. The van der Waals surface area contributed by atoms with Gasteiger partial charge in [-0.2, -0.15) is 0 Å². The van der Waals surface area contributed by atoms with Gasteiger partial charge in [0.1, 0.15) is 0 Å². The first kappa shape index (κ1) is 30.6. The summed E-state index contributed by atoms with van der Waals surface area (Å²) in [7, 11) is 0. The van der Waals surface area contributed by atoms with Crippen LogP contribution in [0.5, 0.6) is 0 Å². The molecule has 2 aromatic rings. The average Bonchev–Trinajstić information content (AvgIpc) is 3.37. The molecule has 35 heavy (non-hydrogen) atoms. The maximum absolute atomic E-state index is 2.66. The van der Waals surface area contributed by atoms with E-state index in [9.17, 15) is 0 Å². The summed E-state index contributed by atoms with van der Waals surface area (Å²) < 4.78 is 0.722. The Balaban J connectivity index is 0.00000216. The van der Waals surface area contributed by atoms with Gasteiger partial charge in [0.2, 0.25) is 0 Å². The zero-order chi connectivity index (χ0) is 24.3. The summed E-state index contributed by atoms with van der Waals surface area (Å²) in [6.45, 7) is 24.2. The third kappa shape index (κ3) is 5.47. The van der Waals surface area contributed by atoms with Crippen LogP contribution in [0.4, 0.5) is 0 Å². The largest absolute Gasteiger partial charge is 1.00 e. The van der Waals surface area contributed by atoms with E-state index >= 15 is 0 Å². The van der Waals surface area contributed by atoms with Crippen LogP contribution >= 0.6 is 0 Å². The van der Waals surface area contributed by atoms with E-state index in [4.69, 9.17) is 0 Å². The van der Waals surface area contributed by atoms with Crippen molar-refractivity contribution in [3.63, 3.8) is 0 Å². The van der Waals surface area contributed by atoms with Crippen LogP contribution in [-0.4, -0.2) is 5.20 Å². The fraction of sp³-hybridized carbons (Fsp3) is 0.419. The molecule has 0 aliphatic heterocycles. The average molecular weight is 603 g/mol. The number of fused-ring (bicyclic) bond motifs is 1. The maximum atomic E-state index is 2.66. The second-order valence-corrected chi connectivity index (χ2v) is 29.2. The molecule has 0 radical (unpaired) electrons. The van der Waals surface area contributed by atoms with Gasteiger partial charge in [-0.1, -0.05) is 0 Å². The van der Waals surface area contributed by atoms with Crippen LogP contribution in [0.2, 0.25) is 18.6 Å². The van der Waals surface area contributed by atoms with Crippen LogP contribution in [0.3, 0.4) is 0 Å². The summed E-state index contributed by atoms with van der Waals surface area (Å²) >= 11 is -0.654. The first-order valence-corrected chi connectivity index (χ1v) is 20.6. The number of hydrogen-bond donors (Lipinski definition) is 0. The van der Waals surface area contributed by atoms with Crippen LogP contribution in [0.15, 0.2) is 54.1 Å². The number of halogens is 2.